The molecule has 0 spiro atoms. The maximum atomic E-state index is 9.32. The van der Waals surface area contributed by atoms with Gasteiger partial charge in [-0.15, -0.1) is 0 Å². The summed E-state index contributed by atoms with van der Waals surface area (Å²) in [5.74, 6) is 0. The van der Waals surface area contributed by atoms with E-state index in [0.29, 0.717) is 0 Å². The Morgan fingerprint density at radius 3 is 2.31 bits per heavy atom. The molecule has 1 rings (SSSR count). The van der Waals surface area contributed by atoms with Gasteiger partial charge >= 0.3 is 0 Å². The van der Waals surface area contributed by atoms with Gasteiger partial charge in [0.05, 0.1) is 6.61 Å². The van der Waals surface area contributed by atoms with Crippen LogP contribution in [0.25, 0.3) is 0 Å². The fraction of sp³-hybridized carbons (Fsp3) is 1.00. The van der Waals surface area contributed by atoms with E-state index in [2.05, 4.69) is 4.74 Å². The summed E-state index contributed by atoms with van der Waals surface area (Å²) in [6.45, 7) is -0.0266. The number of ether oxygens (including phenoxy) is 2. The maximum Gasteiger partial charge on any atom is 0.184 e. The number of hydrogen-bond donors (Lipinski definition) is 4. The zero-order valence-corrected chi connectivity index (χ0v) is 7.20. The highest BCUT2D eigenvalue weighted by molar-refractivity contribution is 4.89. The molecule has 0 aromatic heterocycles. The first-order valence-electron chi connectivity index (χ1n) is 3.94. The Morgan fingerprint density at radius 2 is 1.92 bits per heavy atom. The molecule has 0 aromatic carbocycles. The molecule has 1 fully saturated rings. The van der Waals surface area contributed by atoms with Crippen molar-refractivity contribution in [3.8, 4) is 0 Å². The predicted octanol–water partition coefficient (Wildman–Crippen LogP) is -2.57. The van der Waals surface area contributed by atoms with Crippen molar-refractivity contribution < 1.29 is 29.9 Å². The zero-order valence-electron chi connectivity index (χ0n) is 7.20. The summed E-state index contributed by atoms with van der Waals surface area (Å²) in [6, 6.07) is 0. The third-order valence-electron chi connectivity index (χ3n) is 1.99. The fourth-order valence-electron chi connectivity index (χ4n) is 1.27. The summed E-state index contributed by atoms with van der Waals surface area (Å²) in [7, 11) is 1.39. The minimum atomic E-state index is -1.45. The Bertz CT molecular complexity index is 163. The van der Waals surface area contributed by atoms with Crippen LogP contribution < -0.4 is 0 Å². The van der Waals surface area contributed by atoms with Crippen molar-refractivity contribution in [2.45, 2.75) is 30.7 Å². The van der Waals surface area contributed by atoms with Gasteiger partial charge in [-0.3, -0.25) is 0 Å². The van der Waals surface area contributed by atoms with E-state index in [1.807, 2.05) is 0 Å². The fourth-order valence-corrected chi connectivity index (χ4v) is 1.27. The van der Waals surface area contributed by atoms with E-state index in [1.165, 1.54) is 7.11 Å². The largest absolute Gasteiger partial charge is 0.388 e. The van der Waals surface area contributed by atoms with Crippen LogP contribution in [0.15, 0.2) is 0 Å². The van der Waals surface area contributed by atoms with Crippen LogP contribution in [-0.2, 0) is 9.47 Å². The van der Waals surface area contributed by atoms with E-state index < -0.39 is 30.7 Å². The second-order valence-corrected chi connectivity index (χ2v) is 3.00. The molecule has 1 saturated heterocycles. The average molecular weight is 194 g/mol. The molecule has 13 heavy (non-hydrogen) atoms. The van der Waals surface area contributed by atoms with Gasteiger partial charge in [-0.05, 0) is 0 Å². The van der Waals surface area contributed by atoms with Crippen molar-refractivity contribution in [1.82, 2.24) is 0 Å². The highest BCUT2D eigenvalue weighted by atomic mass is 16.7. The van der Waals surface area contributed by atoms with E-state index in [1.54, 1.807) is 0 Å². The van der Waals surface area contributed by atoms with Crippen LogP contribution in [0.3, 0.4) is 0 Å². The lowest BCUT2D eigenvalue weighted by Crippen LogP contribution is -2.40. The van der Waals surface area contributed by atoms with Gasteiger partial charge in [-0.25, -0.2) is 0 Å². The van der Waals surface area contributed by atoms with Crippen LogP contribution in [0.4, 0.5) is 0 Å². The van der Waals surface area contributed by atoms with Gasteiger partial charge in [0.25, 0.3) is 0 Å². The summed E-state index contributed by atoms with van der Waals surface area (Å²) in [6.07, 6.45) is -6.19. The van der Waals surface area contributed by atoms with Crippen LogP contribution in [0.5, 0.6) is 0 Å². The van der Waals surface area contributed by atoms with Gasteiger partial charge in [-0.1, -0.05) is 0 Å². The first-order valence-corrected chi connectivity index (χ1v) is 3.94. The zero-order chi connectivity index (χ0) is 10.0. The SMILES string of the molecule is COC[C@@H](O)[C@H]1O[C@@H](O)[C@H](O)[C@H]1O. The highest BCUT2D eigenvalue weighted by Crippen LogP contribution is 2.22. The highest BCUT2D eigenvalue weighted by Gasteiger charge is 2.45. The molecule has 78 valence electrons. The maximum absolute atomic E-state index is 9.32. The smallest absolute Gasteiger partial charge is 0.184 e. The van der Waals surface area contributed by atoms with E-state index in [-0.39, 0.29) is 6.61 Å². The topological polar surface area (TPSA) is 99.4 Å². The first kappa shape index (κ1) is 10.8. The number of hydrogen-bond acceptors (Lipinski definition) is 6. The number of aliphatic hydroxyl groups is 4. The third kappa shape index (κ3) is 2.16. The number of aliphatic hydroxyl groups excluding tert-OH is 4. The Hall–Kier alpha value is -0.240. The summed E-state index contributed by atoms with van der Waals surface area (Å²) in [4.78, 5) is 0. The Balaban J connectivity index is 2.52. The van der Waals surface area contributed by atoms with Gasteiger partial charge in [0.1, 0.15) is 24.4 Å². The van der Waals surface area contributed by atoms with E-state index in [9.17, 15) is 10.2 Å². The normalized spacial score (nSPS) is 42.2. The quantitative estimate of drug-likeness (QED) is 0.394. The van der Waals surface area contributed by atoms with Crippen molar-refractivity contribution in [1.29, 1.82) is 0 Å². The van der Waals surface area contributed by atoms with Crippen LogP contribution >= 0.6 is 0 Å². The predicted molar refractivity (Wildman–Crippen MR) is 40.8 cm³/mol. The molecule has 0 aliphatic carbocycles. The van der Waals surface area contributed by atoms with Crippen LogP contribution in [0.2, 0.25) is 0 Å². The van der Waals surface area contributed by atoms with Gasteiger partial charge in [0.2, 0.25) is 0 Å². The molecule has 0 saturated carbocycles. The van der Waals surface area contributed by atoms with Crippen molar-refractivity contribution in [3.05, 3.63) is 0 Å². The van der Waals surface area contributed by atoms with Crippen molar-refractivity contribution in [3.63, 3.8) is 0 Å². The van der Waals surface area contributed by atoms with E-state index in [0.717, 1.165) is 0 Å². The molecule has 1 aliphatic heterocycles. The number of methoxy groups -OCH3 is 1. The third-order valence-corrected chi connectivity index (χ3v) is 1.99. The molecular weight excluding hydrogens is 180 g/mol. The molecule has 6 nitrogen and oxygen atoms in total. The van der Waals surface area contributed by atoms with Crippen molar-refractivity contribution in [2.24, 2.45) is 0 Å². The second kappa shape index (κ2) is 4.32. The molecule has 0 bridgehead atoms. The molecule has 5 atom stereocenters. The molecule has 6 heteroatoms. The Morgan fingerprint density at radius 1 is 1.31 bits per heavy atom. The van der Waals surface area contributed by atoms with Crippen LogP contribution in [0, 0.1) is 0 Å². The number of rotatable bonds is 3. The van der Waals surface area contributed by atoms with Gasteiger partial charge < -0.3 is 29.9 Å². The molecular formula is C7H14O6. The molecule has 1 heterocycles. The molecule has 0 aromatic rings. The van der Waals surface area contributed by atoms with E-state index >= 15 is 0 Å². The van der Waals surface area contributed by atoms with Crippen LogP contribution in [0.1, 0.15) is 0 Å². The van der Waals surface area contributed by atoms with Gasteiger partial charge in [0, 0.05) is 7.11 Å². The Kier molecular flexibility index (Phi) is 3.60. The average Bonchev–Trinajstić information content (AvgIpc) is 2.33. The standard InChI is InChI=1S/C7H14O6/c1-12-2-3(8)6-4(9)5(10)7(11)13-6/h3-11H,2H2,1H3/t3-,4-,5-,6-,7-/m1/s1. The lowest BCUT2D eigenvalue weighted by atomic mass is 10.1. The summed E-state index contributed by atoms with van der Waals surface area (Å²) in [5.41, 5.74) is 0. The van der Waals surface area contributed by atoms with Gasteiger partial charge in [0.15, 0.2) is 6.29 Å². The van der Waals surface area contributed by atoms with Crippen LogP contribution in [-0.4, -0.2) is 64.8 Å². The molecule has 0 amide bonds. The van der Waals surface area contributed by atoms with Crippen molar-refractivity contribution >= 4 is 0 Å². The summed E-state index contributed by atoms with van der Waals surface area (Å²) < 4.78 is 9.36. The monoisotopic (exact) mass is 194 g/mol. The molecule has 0 unspecified atom stereocenters. The van der Waals surface area contributed by atoms with Gasteiger partial charge in [-0.2, -0.15) is 0 Å². The minimum absolute atomic E-state index is 0.0266. The molecule has 4 N–H and O–H groups in total. The summed E-state index contributed by atoms with van der Waals surface area (Å²) in [5, 5.41) is 36.6. The minimum Gasteiger partial charge on any atom is -0.388 e. The second-order valence-electron chi connectivity index (χ2n) is 3.00. The summed E-state index contributed by atoms with van der Waals surface area (Å²) >= 11 is 0. The molecule has 0 radical (unpaired) electrons. The van der Waals surface area contributed by atoms with Crippen molar-refractivity contribution in [2.75, 3.05) is 13.7 Å². The first-order chi connectivity index (χ1) is 6.07. The Labute approximate surface area is 75.3 Å². The lowest BCUT2D eigenvalue weighted by Gasteiger charge is -2.19. The molecule has 1 aliphatic rings. The van der Waals surface area contributed by atoms with E-state index in [4.69, 9.17) is 14.9 Å². The lowest BCUT2D eigenvalue weighted by molar-refractivity contribution is -0.151.